The molecule has 0 bridgehead atoms. The SMILES string of the molecule is CC(C)(C)C(=O)Nc1cc(C(F)(F)F)cnc1CC1C2=C(CN(C(=O)O)C2)CN1C(=O)c1cc(F)c(S(N)(=O)=O)cc1F. The predicted molar refractivity (Wildman–Crippen MR) is 140 cm³/mol. The number of benzene rings is 1. The van der Waals surface area contributed by atoms with E-state index in [-0.39, 0.29) is 43.5 Å². The predicted octanol–water partition coefficient (Wildman–Crippen LogP) is 3.37. The van der Waals surface area contributed by atoms with Gasteiger partial charge < -0.3 is 20.2 Å². The summed E-state index contributed by atoms with van der Waals surface area (Å²) in [5.41, 5.74) is -2.58. The highest BCUT2D eigenvalue weighted by molar-refractivity contribution is 7.89. The standard InChI is InChI=1S/C26H26F5N5O6S/c1-25(2,3)23(38)34-19-4-13(26(29,30)31)8-33-18(19)7-20-15-11-35(24(39)40)9-12(15)10-36(20)22(37)14-5-17(28)21(6-16(14)27)43(32,41)42/h4-6,8,20H,7,9-11H2,1-3H3,(H,34,38)(H,39,40)(H2,32,41,42). The van der Waals surface area contributed by atoms with Crippen molar-refractivity contribution in [2.24, 2.45) is 10.6 Å². The van der Waals surface area contributed by atoms with Crippen molar-refractivity contribution in [1.82, 2.24) is 14.8 Å². The number of carboxylic acid groups (broad SMARTS) is 1. The van der Waals surface area contributed by atoms with E-state index in [1.807, 2.05) is 0 Å². The van der Waals surface area contributed by atoms with Crippen LogP contribution in [0.25, 0.3) is 0 Å². The molecule has 0 saturated heterocycles. The van der Waals surface area contributed by atoms with Gasteiger partial charge in [-0.25, -0.2) is 27.1 Å². The van der Waals surface area contributed by atoms with Crippen molar-refractivity contribution >= 4 is 33.6 Å². The van der Waals surface area contributed by atoms with E-state index in [4.69, 9.17) is 5.14 Å². The molecule has 3 heterocycles. The molecule has 2 aliphatic rings. The molecular weight excluding hydrogens is 605 g/mol. The van der Waals surface area contributed by atoms with Gasteiger partial charge in [-0.05, 0) is 29.3 Å². The number of carbonyl (C=O) groups is 3. The Morgan fingerprint density at radius 3 is 2.28 bits per heavy atom. The highest BCUT2D eigenvalue weighted by Crippen LogP contribution is 2.37. The summed E-state index contributed by atoms with van der Waals surface area (Å²) in [6.45, 7) is 4.04. The number of anilines is 1. The molecule has 11 nitrogen and oxygen atoms in total. The Labute approximate surface area is 242 Å². The van der Waals surface area contributed by atoms with Crippen LogP contribution >= 0.6 is 0 Å². The molecule has 1 aromatic carbocycles. The van der Waals surface area contributed by atoms with Crippen LogP contribution < -0.4 is 10.5 Å². The molecule has 1 atom stereocenters. The first kappa shape index (κ1) is 31.8. The van der Waals surface area contributed by atoms with Crippen LogP contribution in [0.5, 0.6) is 0 Å². The third-order valence-corrected chi connectivity index (χ3v) is 7.97. The zero-order chi connectivity index (χ0) is 32.2. The van der Waals surface area contributed by atoms with Crippen molar-refractivity contribution in [2.75, 3.05) is 25.0 Å². The fourth-order valence-electron chi connectivity index (χ4n) is 4.76. The minimum absolute atomic E-state index is 0.0906. The minimum Gasteiger partial charge on any atom is -0.465 e. The fraction of sp³-hybridized carbons (Fsp3) is 0.385. The number of nitrogens with one attached hydrogen (secondary N) is 1. The molecular formula is C26H26F5N5O6S. The van der Waals surface area contributed by atoms with Crippen LogP contribution in [-0.2, 0) is 27.4 Å². The number of primary sulfonamides is 1. The first-order valence-electron chi connectivity index (χ1n) is 12.6. The van der Waals surface area contributed by atoms with Gasteiger partial charge in [-0.2, -0.15) is 13.2 Å². The van der Waals surface area contributed by atoms with Crippen molar-refractivity contribution in [1.29, 1.82) is 0 Å². The molecule has 2 aromatic rings. The third kappa shape index (κ3) is 6.46. The second-order valence-corrected chi connectivity index (χ2v) is 12.7. The Morgan fingerprint density at radius 1 is 1.07 bits per heavy atom. The van der Waals surface area contributed by atoms with Crippen molar-refractivity contribution in [2.45, 2.75) is 44.3 Å². The van der Waals surface area contributed by atoms with E-state index in [0.29, 0.717) is 29.5 Å². The largest absolute Gasteiger partial charge is 0.465 e. The van der Waals surface area contributed by atoms with Gasteiger partial charge in [0.25, 0.3) is 5.91 Å². The average Bonchev–Trinajstić information content (AvgIpc) is 3.43. The number of halogens is 5. The average molecular weight is 632 g/mol. The normalized spacial score (nSPS) is 17.4. The molecule has 0 saturated carbocycles. The molecule has 232 valence electrons. The van der Waals surface area contributed by atoms with E-state index in [2.05, 4.69) is 10.3 Å². The first-order chi connectivity index (χ1) is 19.7. The summed E-state index contributed by atoms with van der Waals surface area (Å²) in [6.07, 6.45) is -5.88. The van der Waals surface area contributed by atoms with Gasteiger partial charge in [0.05, 0.1) is 28.6 Å². The Bertz CT molecular complexity index is 1670. The monoisotopic (exact) mass is 631 g/mol. The van der Waals surface area contributed by atoms with Gasteiger partial charge in [-0.15, -0.1) is 0 Å². The lowest BCUT2D eigenvalue weighted by Crippen LogP contribution is -2.43. The van der Waals surface area contributed by atoms with E-state index in [0.717, 1.165) is 9.80 Å². The highest BCUT2D eigenvalue weighted by atomic mass is 32.2. The van der Waals surface area contributed by atoms with Crippen LogP contribution in [0.2, 0.25) is 0 Å². The maximum absolute atomic E-state index is 15.0. The number of rotatable bonds is 5. The Kier molecular flexibility index (Phi) is 8.03. The number of hydrogen-bond donors (Lipinski definition) is 3. The molecule has 17 heteroatoms. The number of alkyl halides is 3. The highest BCUT2D eigenvalue weighted by Gasteiger charge is 2.43. The van der Waals surface area contributed by atoms with E-state index < -0.39 is 73.2 Å². The summed E-state index contributed by atoms with van der Waals surface area (Å²) in [6, 6.07) is 0.212. The van der Waals surface area contributed by atoms with Gasteiger partial charge >= 0.3 is 12.3 Å². The molecule has 2 aliphatic heterocycles. The second-order valence-electron chi connectivity index (χ2n) is 11.1. The number of carbonyl (C=O) groups excluding carboxylic acids is 2. The molecule has 43 heavy (non-hydrogen) atoms. The van der Waals surface area contributed by atoms with Crippen molar-refractivity contribution in [3.63, 3.8) is 0 Å². The van der Waals surface area contributed by atoms with E-state index in [1.165, 1.54) is 20.8 Å². The number of hydrogen-bond acceptors (Lipinski definition) is 6. The molecule has 0 fully saturated rings. The molecule has 1 aromatic heterocycles. The minimum atomic E-state index is -4.81. The summed E-state index contributed by atoms with van der Waals surface area (Å²) in [5.74, 6) is -4.64. The number of sulfonamides is 1. The molecule has 1 unspecified atom stereocenters. The zero-order valence-electron chi connectivity index (χ0n) is 22.9. The van der Waals surface area contributed by atoms with Crippen LogP contribution in [-0.4, -0.2) is 71.9 Å². The van der Waals surface area contributed by atoms with Crippen molar-refractivity contribution < 1.29 is 49.9 Å². The lowest BCUT2D eigenvalue weighted by molar-refractivity contribution is -0.137. The van der Waals surface area contributed by atoms with Gasteiger partial charge in [0, 0.05) is 37.7 Å². The number of amides is 3. The summed E-state index contributed by atoms with van der Waals surface area (Å²) >= 11 is 0. The van der Waals surface area contributed by atoms with E-state index in [9.17, 15) is 49.9 Å². The van der Waals surface area contributed by atoms with Gasteiger partial charge in [-0.1, -0.05) is 20.8 Å². The molecule has 4 rings (SSSR count). The quantitative estimate of drug-likeness (QED) is 0.337. The summed E-state index contributed by atoms with van der Waals surface area (Å²) in [4.78, 5) is 42.7. The van der Waals surface area contributed by atoms with Crippen LogP contribution in [0.15, 0.2) is 40.4 Å². The first-order valence-corrected chi connectivity index (χ1v) is 14.1. The fourth-order valence-corrected chi connectivity index (χ4v) is 5.36. The van der Waals surface area contributed by atoms with Crippen molar-refractivity contribution in [3.05, 3.63) is 64.0 Å². The molecule has 3 amide bonds. The number of pyridine rings is 1. The Morgan fingerprint density at radius 2 is 1.72 bits per heavy atom. The number of aromatic nitrogens is 1. The van der Waals surface area contributed by atoms with E-state index in [1.54, 1.807) is 0 Å². The number of nitrogens with zero attached hydrogens (tertiary/aromatic N) is 3. The molecule has 0 radical (unpaired) electrons. The topological polar surface area (TPSA) is 163 Å². The van der Waals surface area contributed by atoms with Gasteiger partial charge in [0.1, 0.15) is 16.5 Å². The van der Waals surface area contributed by atoms with Gasteiger partial charge in [-0.3, -0.25) is 14.6 Å². The summed E-state index contributed by atoms with van der Waals surface area (Å²) in [7, 11) is -4.67. The smallest absolute Gasteiger partial charge is 0.417 e. The lowest BCUT2D eigenvalue weighted by Gasteiger charge is -2.30. The molecule has 0 spiro atoms. The molecule has 4 N–H and O–H groups in total. The van der Waals surface area contributed by atoms with Crippen LogP contribution in [0.3, 0.4) is 0 Å². The second kappa shape index (κ2) is 10.9. The zero-order valence-corrected chi connectivity index (χ0v) is 23.7. The Hall–Kier alpha value is -4.12. The van der Waals surface area contributed by atoms with Gasteiger partial charge in [0.15, 0.2) is 0 Å². The lowest BCUT2D eigenvalue weighted by atomic mass is 9.95. The number of nitrogens with two attached hydrogens (primary N) is 1. The van der Waals surface area contributed by atoms with Gasteiger partial charge in [0.2, 0.25) is 15.9 Å². The maximum atomic E-state index is 15.0. The van der Waals surface area contributed by atoms with Crippen LogP contribution in [0.1, 0.15) is 42.4 Å². The Balaban J connectivity index is 1.78. The summed E-state index contributed by atoms with van der Waals surface area (Å²) < 4.78 is 93.2. The molecule has 0 aliphatic carbocycles. The summed E-state index contributed by atoms with van der Waals surface area (Å²) in [5, 5.41) is 16.8. The van der Waals surface area contributed by atoms with E-state index >= 15 is 0 Å². The maximum Gasteiger partial charge on any atom is 0.417 e. The third-order valence-electron chi connectivity index (χ3n) is 7.04. The van der Waals surface area contributed by atoms with Crippen LogP contribution in [0.4, 0.5) is 32.4 Å². The van der Waals surface area contributed by atoms with Crippen molar-refractivity contribution in [3.8, 4) is 0 Å². The van der Waals surface area contributed by atoms with Crippen LogP contribution in [0, 0.1) is 17.0 Å².